The van der Waals surface area contributed by atoms with E-state index in [0.29, 0.717) is 0 Å². The van der Waals surface area contributed by atoms with E-state index >= 15 is 0 Å². The number of nitrogens with one attached hydrogen (secondary N) is 1. The largest absolute Gasteiger partial charge is 0.394 e. The van der Waals surface area contributed by atoms with Crippen LogP contribution in [0.3, 0.4) is 0 Å². The molecule has 2 nitrogen and oxygen atoms in total. The Hall–Kier alpha value is -1.32. The third-order valence-corrected chi connectivity index (χ3v) is 3.79. The zero-order valence-electron chi connectivity index (χ0n) is 11.2. The van der Waals surface area contributed by atoms with Gasteiger partial charge in [0.05, 0.1) is 12.1 Å². The highest BCUT2D eigenvalue weighted by Gasteiger charge is 2.27. The molecule has 2 rings (SSSR count). The van der Waals surface area contributed by atoms with Gasteiger partial charge in [0.25, 0.3) is 0 Å². The molecule has 0 bridgehead atoms. The molecular weight excluding hydrogens is 302 g/mol. The van der Waals surface area contributed by atoms with E-state index in [9.17, 15) is 5.11 Å². The van der Waals surface area contributed by atoms with Crippen molar-refractivity contribution in [1.29, 1.82) is 0 Å². The van der Waals surface area contributed by atoms with Gasteiger partial charge in [0.2, 0.25) is 0 Å². The summed E-state index contributed by atoms with van der Waals surface area (Å²) in [6.07, 6.45) is 0. The predicted octanol–water partition coefficient (Wildman–Crippen LogP) is 4.08. The summed E-state index contributed by atoms with van der Waals surface area (Å²) in [6.45, 7) is 4.10. The Balaban J connectivity index is 2.36. The molecule has 0 fully saturated rings. The highest BCUT2D eigenvalue weighted by molar-refractivity contribution is 9.10. The quantitative estimate of drug-likeness (QED) is 0.890. The van der Waals surface area contributed by atoms with Gasteiger partial charge in [0.1, 0.15) is 0 Å². The molecule has 2 aromatic carbocycles. The first-order valence-electron chi connectivity index (χ1n) is 6.26. The summed E-state index contributed by atoms with van der Waals surface area (Å²) in [5, 5.41) is 13.2. The number of rotatable bonds is 4. The Kier molecular flexibility index (Phi) is 4.27. The Bertz CT molecular complexity index is 570. The summed E-state index contributed by atoms with van der Waals surface area (Å²) >= 11 is 3.46. The van der Waals surface area contributed by atoms with Crippen LogP contribution in [0.2, 0.25) is 0 Å². The van der Waals surface area contributed by atoms with Crippen molar-refractivity contribution < 1.29 is 5.11 Å². The number of halogens is 1. The van der Waals surface area contributed by atoms with Gasteiger partial charge < -0.3 is 10.4 Å². The first kappa shape index (κ1) is 14.1. The molecule has 3 heteroatoms. The van der Waals surface area contributed by atoms with Gasteiger partial charge in [-0.2, -0.15) is 0 Å². The summed E-state index contributed by atoms with van der Waals surface area (Å²) in [7, 11) is 0. The van der Waals surface area contributed by atoms with Crippen LogP contribution in [0.5, 0.6) is 0 Å². The fourth-order valence-electron chi connectivity index (χ4n) is 2.27. The van der Waals surface area contributed by atoms with Crippen LogP contribution in [0, 0.1) is 6.92 Å². The highest BCUT2D eigenvalue weighted by atomic mass is 79.9. The predicted molar refractivity (Wildman–Crippen MR) is 83.4 cm³/mol. The molecule has 0 aliphatic heterocycles. The average Bonchev–Trinajstić information content (AvgIpc) is 2.39. The summed E-state index contributed by atoms with van der Waals surface area (Å²) in [4.78, 5) is 0. The lowest BCUT2D eigenvalue weighted by atomic mass is 9.89. The van der Waals surface area contributed by atoms with Crippen LogP contribution in [-0.4, -0.2) is 11.7 Å². The van der Waals surface area contributed by atoms with Gasteiger partial charge in [0.15, 0.2) is 0 Å². The minimum Gasteiger partial charge on any atom is -0.394 e. The molecule has 100 valence electrons. The van der Waals surface area contributed by atoms with Crippen molar-refractivity contribution in [3.8, 4) is 0 Å². The van der Waals surface area contributed by atoms with Crippen molar-refractivity contribution in [2.75, 3.05) is 11.9 Å². The Morgan fingerprint density at radius 2 is 1.89 bits per heavy atom. The molecule has 19 heavy (non-hydrogen) atoms. The van der Waals surface area contributed by atoms with E-state index in [1.807, 2.05) is 43.3 Å². The van der Waals surface area contributed by atoms with E-state index in [1.165, 1.54) is 5.56 Å². The number of aliphatic hydroxyl groups excluding tert-OH is 1. The van der Waals surface area contributed by atoms with Crippen molar-refractivity contribution >= 4 is 21.6 Å². The van der Waals surface area contributed by atoms with Gasteiger partial charge in [0, 0.05) is 10.2 Å². The lowest BCUT2D eigenvalue weighted by molar-refractivity contribution is 0.223. The second-order valence-electron chi connectivity index (χ2n) is 4.94. The fourth-order valence-corrected chi connectivity index (χ4v) is 2.67. The van der Waals surface area contributed by atoms with Crippen LogP contribution >= 0.6 is 15.9 Å². The number of aryl methyl sites for hydroxylation is 1. The molecule has 0 spiro atoms. The molecule has 0 radical (unpaired) electrons. The molecule has 0 aromatic heterocycles. The number of hydrogen-bond acceptors (Lipinski definition) is 2. The van der Waals surface area contributed by atoms with Crippen molar-refractivity contribution in [3.63, 3.8) is 0 Å². The summed E-state index contributed by atoms with van der Waals surface area (Å²) in [5.74, 6) is 0. The molecule has 1 unspecified atom stereocenters. The molecule has 2 aromatic rings. The Morgan fingerprint density at radius 3 is 2.53 bits per heavy atom. The molecule has 0 heterocycles. The zero-order chi connectivity index (χ0) is 13.9. The smallest absolute Gasteiger partial charge is 0.0830 e. The van der Waals surface area contributed by atoms with Gasteiger partial charge >= 0.3 is 0 Å². The van der Waals surface area contributed by atoms with Gasteiger partial charge in [-0.3, -0.25) is 0 Å². The number of aliphatic hydroxyl groups is 1. The standard InChI is InChI=1S/C16H18BrNO/c1-12-6-3-4-9-15(12)16(2,11-19)18-14-8-5-7-13(17)10-14/h3-10,18-19H,11H2,1-2H3. The normalized spacial score (nSPS) is 13.9. The van der Waals surface area contributed by atoms with Gasteiger partial charge in [-0.1, -0.05) is 46.3 Å². The van der Waals surface area contributed by atoms with Crippen LogP contribution in [0.15, 0.2) is 53.0 Å². The maximum atomic E-state index is 9.82. The maximum absolute atomic E-state index is 9.82. The number of anilines is 1. The fraction of sp³-hybridized carbons (Fsp3) is 0.250. The number of benzene rings is 2. The van der Waals surface area contributed by atoms with Crippen molar-refractivity contribution in [1.82, 2.24) is 0 Å². The Labute approximate surface area is 122 Å². The number of hydrogen-bond donors (Lipinski definition) is 2. The molecular formula is C16H18BrNO. The molecule has 0 aliphatic rings. The SMILES string of the molecule is Cc1ccccc1C(C)(CO)Nc1cccc(Br)c1. The molecule has 0 saturated heterocycles. The second kappa shape index (κ2) is 5.76. The maximum Gasteiger partial charge on any atom is 0.0830 e. The van der Waals surface area contributed by atoms with Crippen LogP contribution in [0.25, 0.3) is 0 Å². The van der Waals surface area contributed by atoms with E-state index in [-0.39, 0.29) is 6.61 Å². The van der Waals surface area contributed by atoms with Crippen LogP contribution in [0.4, 0.5) is 5.69 Å². The van der Waals surface area contributed by atoms with Crippen LogP contribution in [0.1, 0.15) is 18.1 Å². The van der Waals surface area contributed by atoms with Gasteiger partial charge in [-0.25, -0.2) is 0 Å². The molecule has 2 N–H and O–H groups in total. The topological polar surface area (TPSA) is 32.3 Å². The summed E-state index contributed by atoms with van der Waals surface area (Å²) < 4.78 is 1.02. The van der Waals surface area contributed by atoms with E-state index in [1.54, 1.807) is 0 Å². The third kappa shape index (κ3) is 3.17. The van der Waals surface area contributed by atoms with Crippen LogP contribution in [-0.2, 0) is 5.54 Å². The minimum atomic E-state index is -0.494. The van der Waals surface area contributed by atoms with Gasteiger partial charge in [-0.15, -0.1) is 0 Å². The van der Waals surface area contributed by atoms with Crippen molar-refractivity contribution in [2.45, 2.75) is 19.4 Å². The van der Waals surface area contributed by atoms with E-state index in [0.717, 1.165) is 15.7 Å². The zero-order valence-corrected chi connectivity index (χ0v) is 12.7. The van der Waals surface area contributed by atoms with E-state index < -0.39 is 5.54 Å². The van der Waals surface area contributed by atoms with Gasteiger partial charge in [-0.05, 0) is 43.2 Å². The molecule has 0 aliphatic carbocycles. The lowest BCUT2D eigenvalue weighted by Gasteiger charge is -2.32. The summed E-state index contributed by atoms with van der Waals surface area (Å²) in [5.41, 5.74) is 2.76. The van der Waals surface area contributed by atoms with Crippen molar-refractivity contribution in [3.05, 3.63) is 64.1 Å². The third-order valence-electron chi connectivity index (χ3n) is 3.30. The first-order chi connectivity index (χ1) is 9.05. The molecule has 0 amide bonds. The van der Waals surface area contributed by atoms with Crippen molar-refractivity contribution in [2.24, 2.45) is 0 Å². The van der Waals surface area contributed by atoms with E-state index in [4.69, 9.17) is 0 Å². The molecule has 0 saturated carbocycles. The van der Waals surface area contributed by atoms with Crippen LogP contribution < -0.4 is 5.32 Å². The molecule has 1 atom stereocenters. The first-order valence-corrected chi connectivity index (χ1v) is 7.05. The average molecular weight is 320 g/mol. The lowest BCUT2D eigenvalue weighted by Crippen LogP contribution is -2.36. The second-order valence-corrected chi connectivity index (χ2v) is 5.86. The highest BCUT2D eigenvalue weighted by Crippen LogP contribution is 2.29. The Morgan fingerprint density at radius 1 is 1.16 bits per heavy atom. The monoisotopic (exact) mass is 319 g/mol. The summed E-state index contributed by atoms with van der Waals surface area (Å²) in [6, 6.07) is 16.1. The minimum absolute atomic E-state index is 0.0321. The van der Waals surface area contributed by atoms with E-state index in [2.05, 4.69) is 40.3 Å².